The van der Waals surface area contributed by atoms with E-state index in [1.165, 1.54) is 0 Å². The molecule has 0 N–H and O–H groups in total. The lowest BCUT2D eigenvalue weighted by Gasteiger charge is -2.14. The number of hydrogen-bond acceptors (Lipinski definition) is 6. The van der Waals surface area contributed by atoms with Crippen LogP contribution in [0.1, 0.15) is 52.9 Å². The molecule has 0 heterocycles. The second kappa shape index (κ2) is 12.2. The summed E-state index contributed by atoms with van der Waals surface area (Å²) in [6, 6.07) is 0. The van der Waals surface area contributed by atoms with Gasteiger partial charge in [0.2, 0.25) is 0 Å². The molecule has 0 aromatic heterocycles. The van der Waals surface area contributed by atoms with Crippen LogP contribution in [0.2, 0.25) is 0 Å². The molecule has 0 spiro atoms. The fourth-order valence-corrected chi connectivity index (χ4v) is 1.51. The van der Waals surface area contributed by atoms with E-state index in [0.29, 0.717) is 32.5 Å². The van der Waals surface area contributed by atoms with Gasteiger partial charge in [-0.15, -0.1) is 0 Å². The Bertz CT molecular complexity index is 304. The zero-order valence-electron chi connectivity index (χ0n) is 13.2. The molecule has 0 radical (unpaired) electrons. The van der Waals surface area contributed by atoms with Crippen LogP contribution in [0.5, 0.6) is 0 Å². The molecular formula is C15H26O6. The Morgan fingerprint density at radius 2 is 1.10 bits per heavy atom. The molecule has 0 aliphatic carbocycles. The number of carbonyl (C=O) groups excluding carboxylic acids is 3. The molecular weight excluding hydrogens is 276 g/mol. The van der Waals surface area contributed by atoms with Gasteiger partial charge >= 0.3 is 17.9 Å². The summed E-state index contributed by atoms with van der Waals surface area (Å²) in [7, 11) is 0. The van der Waals surface area contributed by atoms with E-state index in [1.54, 1.807) is 0 Å². The van der Waals surface area contributed by atoms with Crippen molar-refractivity contribution in [3.63, 3.8) is 0 Å². The van der Waals surface area contributed by atoms with E-state index in [-0.39, 0.29) is 19.4 Å². The fraction of sp³-hybridized carbons (Fsp3) is 0.800. The Morgan fingerprint density at radius 3 is 1.48 bits per heavy atom. The van der Waals surface area contributed by atoms with Crippen molar-refractivity contribution in [3.05, 3.63) is 0 Å². The summed E-state index contributed by atoms with van der Waals surface area (Å²) < 4.78 is 14.9. The maximum atomic E-state index is 11.9. The highest BCUT2D eigenvalue weighted by molar-refractivity contribution is 5.84. The first-order chi connectivity index (χ1) is 10.0. The van der Waals surface area contributed by atoms with Crippen LogP contribution in [-0.4, -0.2) is 37.7 Å². The molecule has 0 bridgehead atoms. The molecule has 0 aromatic carbocycles. The Balaban J connectivity index is 4.49. The van der Waals surface area contributed by atoms with Gasteiger partial charge in [0.1, 0.15) is 0 Å². The van der Waals surface area contributed by atoms with E-state index >= 15 is 0 Å². The Morgan fingerprint density at radius 1 is 0.714 bits per heavy atom. The van der Waals surface area contributed by atoms with E-state index in [1.807, 2.05) is 20.8 Å². The first-order valence-corrected chi connectivity index (χ1v) is 7.52. The average molecular weight is 302 g/mol. The van der Waals surface area contributed by atoms with Crippen LogP contribution in [0, 0.1) is 5.92 Å². The van der Waals surface area contributed by atoms with Crippen LogP contribution >= 0.6 is 0 Å². The molecule has 0 unspecified atom stereocenters. The summed E-state index contributed by atoms with van der Waals surface area (Å²) in [4.78, 5) is 35.1. The van der Waals surface area contributed by atoms with Gasteiger partial charge in [-0.3, -0.25) is 14.4 Å². The third-order valence-electron chi connectivity index (χ3n) is 2.54. The minimum Gasteiger partial charge on any atom is -0.466 e. The first kappa shape index (κ1) is 19.4. The molecule has 0 amide bonds. The van der Waals surface area contributed by atoms with Crippen LogP contribution in [0.25, 0.3) is 0 Å². The van der Waals surface area contributed by atoms with Gasteiger partial charge in [0, 0.05) is 0 Å². The zero-order valence-corrected chi connectivity index (χ0v) is 13.2. The molecule has 0 saturated carbocycles. The van der Waals surface area contributed by atoms with E-state index in [9.17, 15) is 14.4 Å². The first-order valence-electron chi connectivity index (χ1n) is 7.52. The Labute approximate surface area is 126 Å². The number of ether oxygens (including phenoxy) is 3. The molecule has 0 aromatic rings. The zero-order chi connectivity index (χ0) is 16.1. The smallest absolute Gasteiger partial charge is 0.310 e. The van der Waals surface area contributed by atoms with E-state index in [2.05, 4.69) is 0 Å². The van der Waals surface area contributed by atoms with Crippen molar-refractivity contribution >= 4 is 17.9 Å². The van der Waals surface area contributed by atoms with E-state index < -0.39 is 23.8 Å². The van der Waals surface area contributed by atoms with Crippen molar-refractivity contribution in [2.24, 2.45) is 5.92 Å². The van der Waals surface area contributed by atoms with Gasteiger partial charge in [-0.25, -0.2) is 0 Å². The van der Waals surface area contributed by atoms with Crippen LogP contribution in [0.15, 0.2) is 0 Å². The topological polar surface area (TPSA) is 78.9 Å². The highest BCUT2D eigenvalue weighted by Gasteiger charge is 2.27. The van der Waals surface area contributed by atoms with Crippen molar-refractivity contribution in [2.45, 2.75) is 52.9 Å². The molecule has 0 rings (SSSR count). The Hall–Kier alpha value is -1.59. The van der Waals surface area contributed by atoms with Crippen LogP contribution < -0.4 is 0 Å². The summed E-state index contributed by atoms with van der Waals surface area (Å²) in [6.07, 6.45) is 1.76. The highest BCUT2D eigenvalue weighted by atomic mass is 16.5. The lowest BCUT2D eigenvalue weighted by Crippen LogP contribution is -2.26. The van der Waals surface area contributed by atoms with Gasteiger partial charge in [-0.1, -0.05) is 20.8 Å². The van der Waals surface area contributed by atoms with Crippen molar-refractivity contribution in [2.75, 3.05) is 19.8 Å². The monoisotopic (exact) mass is 302 g/mol. The number of rotatable bonds is 11. The summed E-state index contributed by atoms with van der Waals surface area (Å²) in [6.45, 7) is 6.49. The quantitative estimate of drug-likeness (QED) is 0.430. The van der Waals surface area contributed by atoms with Crippen LogP contribution in [-0.2, 0) is 28.6 Å². The van der Waals surface area contributed by atoms with Crippen molar-refractivity contribution in [1.82, 2.24) is 0 Å². The van der Waals surface area contributed by atoms with Gasteiger partial charge in [0.15, 0.2) is 0 Å². The van der Waals surface area contributed by atoms with Gasteiger partial charge in [-0.05, 0) is 19.3 Å². The molecule has 21 heavy (non-hydrogen) atoms. The third-order valence-corrected chi connectivity index (χ3v) is 2.54. The van der Waals surface area contributed by atoms with Crippen molar-refractivity contribution < 1.29 is 28.6 Å². The molecule has 0 aliphatic rings. The fourth-order valence-electron chi connectivity index (χ4n) is 1.51. The van der Waals surface area contributed by atoms with Crippen molar-refractivity contribution in [3.8, 4) is 0 Å². The van der Waals surface area contributed by atoms with Crippen LogP contribution in [0.3, 0.4) is 0 Å². The maximum absolute atomic E-state index is 11.9. The van der Waals surface area contributed by atoms with E-state index in [0.717, 1.165) is 0 Å². The third kappa shape index (κ3) is 9.87. The maximum Gasteiger partial charge on any atom is 0.310 e. The normalized spacial score (nSPS) is 10.3. The van der Waals surface area contributed by atoms with Crippen LogP contribution in [0.4, 0.5) is 0 Å². The Kier molecular flexibility index (Phi) is 11.3. The number of hydrogen-bond donors (Lipinski definition) is 0. The minimum atomic E-state index is -0.842. The SMILES string of the molecule is CCCOC(=O)CC(CC(=O)OCCC)C(=O)OCCC. The van der Waals surface area contributed by atoms with Crippen molar-refractivity contribution in [1.29, 1.82) is 0 Å². The molecule has 0 aliphatic heterocycles. The molecule has 6 nitrogen and oxygen atoms in total. The van der Waals surface area contributed by atoms with Gasteiger partial charge in [-0.2, -0.15) is 0 Å². The van der Waals surface area contributed by atoms with Gasteiger partial charge in [0.25, 0.3) is 0 Å². The molecule has 0 atom stereocenters. The summed E-state index contributed by atoms with van der Waals surface area (Å²) in [5.74, 6) is -2.40. The molecule has 0 fully saturated rings. The standard InChI is InChI=1S/C15H26O6/c1-4-7-19-13(16)10-12(15(18)21-9-6-3)11-14(17)20-8-5-2/h12H,4-11H2,1-3H3. The largest absolute Gasteiger partial charge is 0.466 e. The highest BCUT2D eigenvalue weighted by Crippen LogP contribution is 2.14. The predicted octanol–water partition coefficient (Wildman–Crippen LogP) is 2.24. The predicted molar refractivity (Wildman–Crippen MR) is 76.5 cm³/mol. The lowest BCUT2D eigenvalue weighted by atomic mass is 10.0. The van der Waals surface area contributed by atoms with E-state index in [4.69, 9.17) is 14.2 Å². The average Bonchev–Trinajstić information content (AvgIpc) is 2.47. The molecule has 6 heteroatoms. The molecule has 122 valence electrons. The summed E-state index contributed by atoms with van der Waals surface area (Å²) in [5.41, 5.74) is 0. The number of carbonyl (C=O) groups is 3. The second-order valence-corrected chi connectivity index (χ2v) is 4.71. The van der Waals surface area contributed by atoms with Gasteiger partial charge in [0.05, 0.1) is 38.6 Å². The molecule has 0 saturated heterocycles. The number of esters is 3. The minimum absolute atomic E-state index is 0.163. The second-order valence-electron chi connectivity index (χ2n) is 4.71. The summed E-state index contributed by atoms with van der Waals surface area (Å²) >= 11 is 0. The van der Waals surface area contributed by atoms with Gasteiger partial charge < -0.3 is 14.2 Å². The lowest BCUT2D eigenvalue weighted by molar-refractivity contribution is -0.159. The summed E-state index contributed by atoms with van der Waals surface area (Å²) in [5, 5.41) is 0.